The largest absolute Gasteiger partial charge is 0.489 e. The third kappa shape index (κ3) is 9.33. The van der Waals surface area contributed by atoms with Crippen LogP contribution in [0.4, 0.5) is 0 Å². The summed E-state index contributed by atoms with van der Waals surface area (Å²) in [6.45, 7) is 30.5. The molecule has 0 radical (unpaired) electrons. The van der Waals surface area contributed by atoms with Crippen molar-refractivity contribution in [1.29, 1.82) is 0 Å². The summed E-state index contributed by atoms with van der Waals surface area (Å²) in [5.41, 5.74) is 0.0793. The van der Waals surface area contributed by atoms with Gasteiger partial charge in [-0.15, -0.1) is 0 Å². The number of hydrogen-bond donors (Lipinski definition) is 0. The quantitative estimate of drug-likeness (QED) is 0.0663. The van der Waals surface area contributed by atoms with Gasteiger partial charge in [-0.05, 0) is 69.2 Å². The van der Waals surface area contributed by atoms with Crippen molar-refractivity contribution < 1.29 is 57.0 Å². The first kappa shape index (κ1) is 42.4. The highest BCUT2D eigenvalue weighted by Gasteiger charge is 2.45. The Morgan fingerprint density at radius 3 is 0.784 bits per heavy atom. The Kier molecular flexibility index (Phi) is 16.3. The molecule has 2 aromatic rings. The minimum atomic E-state index is -1.19. The van der Waals surface area contributed by atoms with E-state index in [4.69, 9.17) is 47.4 Å². The van der Waals surface area contributed by atoms with Crippen LogP contribution in [0.2, 0.25) is 0 Å². The smallest absolute Gasteiger partial charge is 0.338 e. The first-order valence-electron chi connectivity index (χ1n) is 17.5. The molecule has 0 aliphatic carbocycles. The summed E-state index contributed by atoms with van der Waals surface area (Å²) in [5.74, 6) is 0.0492. The van der Waals surface area contributed by atoms with Gasteiger partial charge in [-0.25, -0.2) is 9.59 Å². The van der Waals surface area contributed by atoms with Gasteiger partial charge >= 0.3 is 11.9 Å². The Hall–Kier alpha value is -4.74. The zero-order chi connectivity index (χ0) is 38.5. The zero-order valence-corrected chi connectivity index (χ0v) is 32.5. The number of esters is 2. The third-order valence-corrected chi connectivity index (χ3v) is 7.20. The minimum absolute atomic E-state index is 0.0136. The lowest BCUT2D eigenvalue weighted by Gasteiger charge is -2.36. The molecule has 51 heavy (non-hydrogen) atoms. The fourth-order valence-electron chi connectivity index (χ4n) is 5.31. The van der Waals surface area contributed by atoms with Gasteiger partial charge in [0.05, 0.1) is 64.0 Å². The van der Waals surface area contributed by atoms with Crippen molar-refractivity contribution in [3.63, 3.8) is 0 Å². The van der Waals surface area contributed by atoms with E-state index in [1.54, 1.807) is 41.5 Å². The van der Waals surface area contributed by atoms with Gasteiger partial charge in [0.1, 0.15) is 0 Å². The maximum Gasteiger partial charge on any atom is 0.338 e. The van der Waals surface area contributed by atoms with Crippen LogP contribution in [0, 0.1) is 0 Å². The Labute approximate surface area is 302 Å². The maximum atomic E-state index is 13.0. The molecule has 0 amide bonds. The number of benzene rings is 2. The summed E-state index contributed by atoms with van der Waals surface area (Å²) >= 11 is 0. The van der Waals surface area contributed by atoms with Gasteiger partial charge in [0.25, 0.3) is 0 Å². The van der Waals surface area contributed by atoms with Gasteiger partial charge < -0.3 is 47.4 Å². The van der Waals surface area contributed by atoms with Crippen molar-refractivity contribution >= 4 is 11.9 Å². The molecule has 0 spiro atoms. The van der Waals surface area contributed by atoms with Crippen molar-refractivity contribution in [3.05, 3.63) is 35.4 Å². The monoisotopic (exact) mass is 716 g/mol. The van der Waals surface area contributed by atoms with Crippen LogP contribution in [0.3, 0.4) is 0 Å². The van der Waals surface area contributed by atoms with Crippen molar-refractivity contribution in [2.45, 2.75) is 88.5 Å². The van der Waals surface area contributed by atoms with Gasteiger partial charge in [-0.1, -0.05) is 27.0 Å². The molecule has 0 heterocycles. The standard InChI is InChI=1S/C39H56O12/c1-15-42-27-25(28(43-16-2)32(47-20-6)35(31(27)46-19-5)50-37(40)23(9)10)39(13,14)26-29(44-17-3)33(48-21-7)36(51-38(41)24(11)12)34(49-22-8)30(26)45-18-4/h9,11,15-22H2,1-8,10,12-14H3. The molecular formula is C39H56O12. The van der Waals surface area contributed by atoms with E-state index in [0.717, 1.165) is 0 Å². The SMILES string of the molecule is C=C(C)C(=O)Oc1c(OCC)c(OCC)c(C(C)(C)c2c(OCC)c(OCC)c(OC(=O)C(=C)C)c(OCC)c2OCC)c(OCC)c1OCC. The Morgan fingerprint density at radius 1 is 0.412 bits per heavy atom. The minimum Gasteiger partial charge on any atom is -0.489 e. The molecule has 0 atom stereocenters. The molecule has 0 aliphatic rings. The molecule has 12 nitrogen and oxygen atoms in total. The van der Waals surface area contributed by atoms with E-state index >= 15 is 0 Å². The summed E-state index contributed by atoms with van der Waals surface area (Å²) in [5, 5.41) is 0. The highest BCUT2D eigenvalue weighted by atomic mass is 16.6. The van der Waals surface area contributed by atoms with E-state index < -0.39 is 17.4 Å². The summed E-state index contributed by atoms with van der Waals surface area (Å²) in [7, 11) is 0. The van der Waals surface area contributed by atoms with Crippen molar-refractivity contribution in [3.8, 4) is 57.5 Å². The molecule has 12 heteroatoms. The van der Waals surface area contributed by atoms with Gasteiger partial charge in [0, 0.05) is 16.6 Å². The molecular weight excluding hydrogens is 660 g/mol. The summed E-state index contributed by atoms with van der Waals surface area (Å²) in [6, 6.07) is 0. The Morgan fingerprint density at radius 2 is 0.608 bits per heavy atom. The Balaban J connectivity index is 3.47. The normalized spacial score (nSPS) is 10.9. The summed E-state index contributed by atoms with van der Waals surface area (Å²) in [4.78, 5) is 26.1. The molecule has 0 saturated carbocycles. The Bertz CT molecular complexity index is 1370. The van der Waals surface area contributed by atoms with Gasteiger partial charge in [-0.3, -0.25) is 0 Å². The predicted molar refractivity (Wildman–Crippen MR) is 195 cm³/mol. The molecule has 0 aliphatic heterocycles. The van der Waals surface area contributed by atoms with Crippen LogP contribution in [0.25, 0.3) is 0 Å². The highest BCUT2D eigenvalue weighted by Crippen LogP contribution is 2.63. The summed E-state index contributed by atoms with van der Waals surface area (Å²) in [6.07, 6.45) is 0. The van der Waals surface area contributed by atoms with E-state index in [2.05, 4.69) is 13.2 Å². The second-order valence-corrected chi connectivity index (χ2v) is 11.5. The first-order chi connectivity index (χ1) is 24.3. The van der Waals surface area contributed by atoms with E-state index in [9.17, 15) is 9.59 Å². The van der Waals surface area contributed by atoms with Crippen LogP contribution in [0.5, 0.6) is 57.5 Å². The first-order valence-corrected chi connectivity index (χ1v) is 17.5. The van der Waals surface area contributed by atoms with E-state index in [-0.39, 0.29) is 121 Å². The molecule has 0 unspecified atom stereocenters. The van der Waals surface area contributed by atoms with Crippen LogP contribution >= 0.6 is 0 Å². The van der Waals surface area contributed by atoms with Crippen LogP contribution in [0.15, 0.2) is 24.3 Å². The molecule has 284 valence electrons. The highest BCUT2D eigenvalue weighted by molar-refractivity contribution is 5.92. The lowest BCUT2D eigenvalue weighted by atomic mass is 9.75. The zero-order valence-electron chi connectivity index (χ0n) is 32.5. The maximum absolute atomic E-state index is 13.0. The van der Waals surface area contributed by atoms with E-state index in [0.29, 0.717) is 11.1 Å². The fourth-order valence-corrected chi connectivity index (χ4v) is 5.31. The van der Waals surface area contributed by atoms with Crippen LogP contribution < -0.4 is 47.4 Å². The van der Waals surface area contributed by atoms with Gasteiger partial charge in [0.15, 0.2) is 23.0 Å². The van der Waals surface area contributed by atoms with Crippen molar-refractivity contribution in [2.24, 2.45) is 0 Å². The number of rotatable bonds is 22. The van der Waals surface area contributed by atoms with Crippen LogP contribution in [-0.4, -0.2) is 64.8 Å². The topological polar surface area (TPSA) is 126 Å². The molecule has 0 N–H and O–H groups in total. The second-order valence-electron chi connectivity index (χ2n) is 11.5. The molecule has 0 aromatic heterocycles. The van der Waals surface area contributed by atoms with Crippen LogP contribution in [-0.2, 0) is 15.0 Å². The number of ether oxygens (including phenoxy) is 10. The number of hydrogen-bond acceptors (Lipinski definition) is 12. The van der Waals surface area contributed by atoms with Crippen molar-refractivity contribution in [2.75, 3.05) is 52.9 Å². The molecule has 0 fully saturated rings. The van der Waals surface area contributed by atoms with Crippen LogP contribution in [0.1, 0.15) is 94.2 Å². The van der Waals surface area contributed by atoms with Gasteiger partial charge in [0.2, 0.25) is 34.5 Å². The third-order valence-electron chi connectivity index (χ3n) is 7.20. The summed E-state index contributed by atoms with van der Waals surface area (Å²) < 4.78 is 62.2. The average Bonchev–Trinajstić information content (AvgIpc) is 3.07. The van der Waals surface area contributed by atoms with E-state index in [1.165, 1.54) is 0 Å². The van der Waals surface area contributed by atoms with Crippen molar-refractivity contribution in [1.82, 2.24) is 0 Å². The molecule has 2 rings (SSSR count). The molecule has 0 bridgehead atoms. The lowest BCUT2D eigenvalue weighted by molar-refractivity contribution is -0.131. The number of carbonyl (C=O) groups is 2. The average molecular weight is 717 g/mol. The lowest BCUT2D eigenvalue weighted by Crippen LogP contribution is -2.26. The molecule has 2 aromatic carbocycles. The second kappa shape index (κ2) is 19.6. The number of carbonyl (C=O) groups excluding carboxylic acids is 2. The predicted octanol–water partition coefficient (Wildman–Crippen LogP) is 8.17. The molecule has 0 saturated heterocycles. The van der Waals surface area contributed by atoms with Gasteiger partial charge in [-0.2, -0.15) is 0 Å². The fraction of sp³-hybridized carbons (Fsp3) is 0.538. The van der Waals surface area contributed by atoms with E-state index in [1.807, 2.05) is 41.5 Å².